The molecule has 0 spiro atoms. The largest absolute Gasteiger partial charge is 0.418 e. The van der Waals surface area contributed by atoms with Crippen LogP contribution in [0, 0.1) is 0 Å². The number of nitrogens with one attached hydrogen (secondary N) is 1. The molecular weight excluding hydrogens is 259 g/mol. The Morgan fingerprint density at radius 3 is 2.47 bits per heavy atom. The van der Waals surface area contributed by atoms with Crippen LogP contribution in [0.15, 0.2) is 24.3 Å². The minimum Gasteiger partial charge on any atom is -0.389 e. The summed E-state index contributed by atoms with van der Waals surface area (Å²) in [5, 5.41) is 12.2. The molecular formula is C13H18F3NO2. The van der Waals surface area contributed by atoms with Gasteiger partial charge in [0.05, 0.1) is 24.4 Å². The zero-order valence-electron chi connectivity index (χ0n) is 10.9. The van der Waals surface area contributed by atoms with Gasteiger partial charge in [-0.2, -0.15) is 13.2 Å². The zero-order valence-corrected chi connectivity index (χ0v) is 10.9. The Labute approximate surface area is 110 Å². The SMILES string of the molecule is CC(C)OCC(O)CNc1ccccc1C(F)(F)F. The molecule has 0 amide bonds. The fourth-order valence-corrected chi connectivity index (χ4v) is 1.47. The lowest BCUT2D eigenvalue weighted by Crippen LogP contribution is -2.27. The topological polar surface area (TPSA) is 41.5 Å². The first-order valence-corrected chi connectivity index (χ1v) is 6.00. The van der Waals surface area contributed by atoms with Gasteiger partial charge in [0.25, 0.3) is 0 Å². The van der Waals surface area contributed by atoms with Crippen LogP contribution in [0.3, 0.4) is 0 Å². The third kappa shape index (κ3) is 5.48. The summed E-state index contributed by atoms with van der Waals surface area (Å²) in [4.78, 5) is 0. The molecule has 1 rings (SSSR count). The predicted molar refractivity (Wildman–Crippen MR) is 67.0 cm³/mol. The summed E-state index contributed by atoms with van der Waals surface area (Å²) >= 11 is 0. The third-order valence-corrected chi connectivity index (χ3v) is 2.38. The summed E-state index contributed by atoms with van der Waals surface area (Å²) in [5.74, 6) is 0. The molecule has 1 atom stereocenters. The molecule has 0 radical (unpaired) electrons. The van der Waals surface area contributed by atoms with Crippen molar-refractivity contribution in [3.8, 4) is 0 Å². The summed E-state index contributed by atoms with van der Waals surface area (Å²) in [5.41, 5.74) is -0.787. The zero-order chi connectivity index (χ0) is 14.5. The van der Waals surface area contributed by atoms with E-state index in [1.54, 1.807) is 0 Å². The van der Waals surface area contributed by atoms with Gasteiger partial charge in [0, 0.05) is 12.2 Å². The Morgan fingerprint density at radius 1 is 1.26 bits per heavy atom. The minimum absolute atomic E-state index is 0.000185. The number of anilines is 1. The van der Waals surface area contributed by atoms with Crippen LogP contribution in [0.1, 0.15) is 19.4 Å². The van der Waals surface area contributed by atoms with Crippen molar-refractivity contribution in [3.05, 3.63) is 29.8 Å². The van der Waals surface area contributed by atoms with E-state index in [-0.39, 0.29) is 24.9 Å². The van der Waals surface area contributed by atoms with Crippen molar-refractivity contribution >= 4 is 5.69 Å². The first-order chi connectivity index (χ1) is 8.80. The molecule has 0 aliphatic carbocycles. The molecule has 0 aliphatic rings. The number of benzene rings is 1. The second-order valence-corrected chi connectivity index (χ2v) is 4.46. The molecule has 19 heavy (non-hydrogen) atoms. The van der Waals surface area contributed by atoms with Crippen molar-refractivity contribution in [3.63, 3.8) is 0 Å². The monoisotopic (exact) mass is 277 g/mol. The van der Waals surface area contributed by atoms with Gasteiger partial charge in [-0.25, -0.2) is 0 Å². The van der Waals surface area contributed by atoms with Gasteiger partial charge in [-0.15, -0.1) is 0 Å². The van der Waals surface area contributed by atoms with E-state index in [0.29, 0.717) is 0 Å². The number of alkyl halides is 3. The number of halogens is 3. The van der Waals surface area contributed by atoms with Crippen molar-refractivity contribution in [2.24, 2.45) is 0 Å². The predicted octanol–water partition coefficient (Wildman–Crippen LogP) is 2.90. The lowest BCUT2D eigenvalue weighted by Gasteiger charge is -2.17. The van der Waals surface area contributed by atoms with Gasteiger partial charge in [0.1, 0.15) is 0 Å². The summed E-state index contributed by atoms with van der Waals surface area (Å²) in [6.07, 6.45) is -5.30. The molecule has 0 heterocycles. The Kier molecular flexibility index (Phi) is 5.62. The van der Waals surface area contributed by atoms with Gasteiger partial charge in [-0.1, -0.05) is 12.1 Å². The van der Waals surface area contributed by atoms with E-state index in [4.69, 9.17) is 4.74 Å². The first-order valence-electron chi connectivity index (χ1n) is 6.00. The average Bonchev–Trinajstić information content (AvgIpc) is 2.33. The number of aliphatic hydroxyl groups is 1. The van der Waals surface area contributed by atoms with Gasteiger partial charge >= 0.3 is 6.18 Å². The van der Waals surface area contributed by atoms with Crippen LogP contribution in [-0.2, 0) is 10.9 Å². The molecule has 1 aromatic carbocycles. The molecule has 0 bridgehead atoms. The van der Waals surface area contributed by atoms with E-state index in [1.807, 2.05) is 13.8 Å². The van der Waals surface area contributed by atoms with Gasteiger partial charge in [-0.3, -0.25) is 0 Å². The molecule has 1 aromatic rings. The van der Waals surface area contributed by atoms with Gasteiger partial charge < -0.3 is 15.2 Å². The smallest absolute Gasteiger partial charge is 0.389 e. The van der Waals surface area contributed by atoms with Crippen LogP contribution < -0.4 is 5.32 Å². The third-order valence-electron chi connectivity index (χ3n) is 2.38. The van der Waals surface area contributed by atoms with E-state index in [1.165, 1.54) is 18.2 Å². The molecule has 3 nitrogen and oxygen atoms in total. The molecule has 0 saturated heterocycles. The van der Waals surface area contributed by atoms with Gasteiger partial charge in [-0.05, 0) is 26.0 Å². The van der Waals surface area contributed by atoms with E-state index in [2.05, 4.69) is 5.32 Å². The van der Waals surface area contributed by atoms with Crippen molar-refractivity contribution in [2.75, 3.05) is 18.5 Å². The lowest BCUT2D eigenvalue weighted by atomic mass is 10.1. The van der Waals surface area contributed by atoms with Crippen molar-refractivity contribution in [1.82, 2.24) is 0 Å². The number of para-hydroxylation sites is 1. The highest BCUT2D eigenvalue weighted by Gasteiger charge is 2.33. The highest BCUT2D eigenvalue weighted by molar-refractivity contribution is 5.52. The molecule has 6 heteroatoms. The minimum atomic E-state index is -4.41. The summed E-state index contributed by atoms with van der Waals surface area (Å²) in [6.45, 7) is 3.72. The Hall–Kier alpha value is -1.27. The fourth-order valence-electron chi connectivity index (χ4n) is 1.47. The highest BCUT2D eigenvalue weighted by Crippen LogP contribution is 2.34. The summed E-state index contributed by atoms with van der Waals surface area (Å²) in [6, 6.07) is 5.17. The number of aliphatic hydroxyl groups excluding tert-OH is 1. The number of hydrogen-bond donors (Lipinski definition) is 2. The summed E-state index contributed by atoms with van der Waals surface area (Å²) in [7, 11) is 0. The van der Waals surface area contributed by atoms with Crippen molar-refractivity contribution in [1.29, 1.82) is 0 Å². The molecule has 1 unspecified atom stereocenters. The van der Waals surface area contributed by atoms with Crippen LogP contribution in [0.2, 0.25) is 0 Å². The average molecular weight is 277 g/mol. The highest BCUT2D eigenvalue weighted by atomic mass is 19.4. The Balaban J connectivity index is 2.58. The molecule has 0 aliphatic heterocycles. The first kappa shape index (κ1) is 15.8. The second kappa shape index (κ2) is 6.77. The number of rotatable bonds is 6. The van der Waals surface area contributed by atoms with E-state index >= 15 is 0 Å². The second-order valence-electron chi connectivity index (χ2n) is 4.46. The fraction of sp³-hybridized carbons (Fsp3) is 0.538. The van der Waals surface area contributed by atoms with Crippen LogP contribution >= 0.6 is 0 Å². The molecule has 0 fully saturated rings. The van der Waals surface area contributed by atoms with Crippen LogP contribution in [-0.4, -0.2) is 30.5 Å². The normalized spacial score (nSPS) is 13.6. The maximum absolute atomic E-state index is 12.7. The molecule has 108 valence electrons. The van der Waals surface area contributed by atoms with Crippen molar-refractivity contribution < 1.29 is 23.0 Å². The molecule has 0 saturated carbocycles. The van der Waals surface area contributed by atoms with E-state index < -0.39 is 17.8 Å². The molecule has 2 N–H and O–H groups in total. The number of hydrogen-bond acceptors (Lipinski definition) is 3. The summed E-state index contributed by atoms with van der Waals surface area (Å²) < 4.78 is 43.3. The maximum atomic E-state index is 12.7. The molecule has 0 aromatic heterocycles. The quantitative estimate of drug-likeness (QED) is 0.840. The van der Waals surface area contributed by atoms with E-state index in [0.717, 1.165) is 6.07 Å². The Morgan fingerprint density at radius 2 is 1.89 bits per heavy atom. The standard InChI is InChI=1S/C13H18F3NO2/c1-9(2)19-8-10(18)7-17-12-6-4-3-5-11(12)13(14,15)16/h3-6,9-10,17-18H,7-8H2,1-2H3. The van der Waals surface area contributed by atoms with E-state index in [9.17, 15) is 18.3 Å². The maximum Gasteiger partial charge on any atom is 0.418 e. The number of ether oxygens (including phenoxy) is 1. The Bertz CT molecular complexity index is 394. The van der Waals surface area contributed by atoms with Crippen LogP contribution in [0.25, 0.3) is 0 Å². The lowest BCUT2D eigenvalue weighted by molar-refractivity contribution is -0.137. The van der Waals surface area contributed by atoms with Crippen LogP contribution in [0.5, 0.6) is 0 Å². The van der Waals surface area contributed by atoms with Crippen molar-refractivity contribution in [2.45, 2.75) is 32.2 Å². The van der Waals surface area contributed by atoms with Gasteiger partial charge in [0.2, 0.25) is 0 Å². The van der Waals surface area contributed by atoms with Crippen LogP contribution in [0.4, 0.5) is 18.9 Å². The van der Waals surface area contributed by atoms with Gasteiger partial charge in [0.15, 0.2) is 0 Å².